The lowest BCUT2D eigenvalue weighted by Crippen LogP contribution is -2.19. The van der Waals surface area contributed by atoms with Crippen LogP contribution in [0.4, 0.5) is 4.39 Å². The number of hydrogen-bond acceptors (Lipinski definition) is 2. The van der Waals surface area contributed by atoms with Crippen molar-refractivity contribution in [2.24, 2.45) is 0 Å². The molecule has 0 N–H and O–H groups in total. The van der Waals surface area contributed by atoms with Crippen molar-refractivity contribution in [2.45, 2.75) is 38.8 Å². The van der Waals surface area contributed by atoms with Gasteiger partial charge >= 0.3 is 0 Å². The minimum absolute atomic E-state index is 0.150. The summed E-state index contributed by atoms with van der Waals surface area (Å²) in [5.74, 6) is 5.63. The van der Waals surface area contributed by atoms with Crippen molar-refractivity contribution >= 4 is 10.9 Å². The van der Waals surface area contributed by atoms with E-state index in [9.17, 15) is 4.39 Å². The first-order valence-electron chi connectivity index (χ1n) is 7.07. The second kappa shape index (κ2) is 5.64. The second-order valence-corrected chi connectivity index (χ2v) is 4.96. The number of hydrogen-bond donors (Lipinski definition) is 0. The van der Waals surface area contributed by atoms with Crippen LogP contribution in [0.1, 0.15) is 44.4 Å². The molecule has 20 heavy (non-hydrogen) atoms. The van der Waals surface area contributed by atoms with Crippen LogP contribution in [-0.2, 0) is 4.74 Å². The topological polar surface area (TPSA) is 27.1 Å². The van der Waals surface area contributed by atoms with Gasteiger partial charge in [0, 0.05) is 24.0 Å². The fourth-order valence-electron chi connectivity index (χ4n) is 2.54. The Morgan fingerprint density at radius 2 is 2.35 bits per heavy atom. The molecule has 3 rings (SSSR count). The monoisotopic (exact) mass is 272 g/mol. The Hall–Kier alpha value is -1.86. The summed E-state index contributed by atoms with van der Waals surface area (Å²) in [6.07, 6.45) is 5.34. The maximum absolute atomic E-state index is 14.3. The largest absolute Gasteiger partial charge is 0.356 e. The van der Waals surface area contributed by atoms with Crippen molar-refractivity contribution in [1.82, 2.24) is 9.78 Å². The van der Waals surface area contributed by atoms with Crippen LogP contribution < -0.4 is 0 Å². The van der Waals surface area contributed by atoms with Crippen LogP contribution in [0.2, 0.25) is 0 Å². The Morgan fingerprint density at radius 1 is 1.45 bits per heavy atom. The molecule has 1 aromatic carbocycles. The predicted octanol–water partition coefficient (Wildman–Crippen LogP) is 3.64. The number of rotatable bonds is 1. The fourth-order valence-corrected chi connectivity index (χ4v) is 2.54. The number of fused-ring (bicyclic) bond motifs is 1. The van der Waals surface area contributed by atoms with E-state index < -0.39 is 0 Å². The van der Waals surface area contributed by atoms with Gasteiger partial charge in [-0.05, 0) is 31.4 Å². The minimum atomic E-state index is -0.283. The molecule has 3 nitrogen and oxygen atoms in total. The Bertz CT molecular complexity index is 675. The van der Waals surface area contributed by atoms with Gasteiger partial charge in [0.15, 0.2) is 6.23 Å². The van der Waals surface area contributed by atoms with E-state index in [-0.39, 0.29) is 12.0 Å². The van der Waals surface area contributed by atoms with Crippen molar-refractivity contribution in [2.75, 3.05) is 6.61 Å². The maximum atomic E-state index is 14.3. The number of halogens is 1. The zero-order valence-corrected chi connectivity index (χ0v) is 11.5. The van der Waals surface area contributed by atoms with E-state index in [1.807, 2.05) is 13.0 Å². The molecule has 1 aliphatic rings. The Labute approximate surface area is 117 Å². The van der Waals surface area contributed by atoms with Gasteiger partial charge in [-0.15, -0.1) is 0 Å². The smallest absolute Gasteiger partial charge is 0.150 e. The molecule has 1 aromatic heterocycles. The molecule has 1 saturated heterocycles. The molecule has 104 valence electrons. The molecule has 0 amide bonds. The zero-order valence-electron chi connectivity index (χ0n) is 11.5. The van der Waals surface area contributed by atoms with E-state index in [0.29, 0.717) is 17.7 Å². The van der Waals surface area contributed by atoms with Gasteiger partial charge < -0.3 is 4.74 Å². The van der Waals surface area contributed by atoms with Gasteiger partial charge in [-0.2, -0.15) is 5.10 Å². The third-order valence-electron chi connectivity index (χ3n) is 3.48. The molecule has 1 aliphatic heterocycles. The van der Waals surface area contributed by atoms with Gasteiger partial charge in [0.2, 0.25) is 0 Å². The Kier molecular flexibility index (Phi) is 3.70. The third kappa shape index (κ3) is 2.41. The van der Waals surface area contributed by atoms with Crippen LogP contribution in [0.15, 0.2) is 18.3 Å². The van der Waals surface area contributed by atoms with Crippen LogP contribution in [0.25, 0.3) is 10.9 Å². The van der Waals surface area contributed by atoms with E-state index in [0.717, 1.165) is 31.1 Å². The Balaban J connectivity index is 2.03. The molecule has 0 radical (unpaired) electrons. The van der Waals surface area contributed by atoms with Crippen LogP contribution in [0.3, 0.4) is 0 Å². The molecule has 0 spiro atoms. The number of aromatic nitrogens is 2. The van der Waals surface area contributed by atoms with Crippen LogP contribution >= 0.6 is 0 Å². The third-order valence-corrected chi connectivity index (χ3v) is 3.48. The molecule has 4 heteroatoms. The summed E-state index contributed by atoms with van der Waals surface area (Å²) < 4.78 is 21.7. The second-order valence-electron chi connectivity index (χ2n) is 4.96. The van der Waals surface area contributed by atoms with E-state index in [1.54, 1.807) is 10.9 Å². The van der Waals surface area contributed by atoms with Crippen molar-refractivity contribution in [3.8, 4) is 11.8 Å². The molecule has 1 unspecified atom stereocenters. The average Bonchev–Trinajstić information content (AvgIpc) is 2.90. The first kappa shape index (κ1) is 13.1. The standard InChI is InChI=1S/C16H17FN2O/c1-2-3-6-12-9-13-11-18-19(16(13)14(17)10-12)15-7-4-5-8-20-15/h9-11,15H,2,4-5,7-8H2,1H3. The van der Waals surface area contributed by atoms with Gasteiger partial charge in [-0.1, -0.05) is 18.8 Å². The van der Waals surface area contributed by atoms with Gasteiger partial charge in [-0.3, -0.25) is 0 Å². The predicted molar refractivity (Wildman–Crippen MR) is 75.7 cm³/mol. The van der Waals surface area contributed by atoms with E-state index >= 15 is 0 Å². The van der Waals surface area contributed by atoms with Crippen molar-refractivity contribution < 1.29 is 9.13 Å². The highest BCUT2D eigenvalue weighted by Crippen LogP contribution is 2.28. The highest BCUT2D eigenvalue weighted by Gasteiger charge is 2.20. The summed E-state index contributed by atoms with van der Waals surface area (Å²) in [6.45, 7) is 2.69. The summed E-state index contributed by atoms with van der Waals surface area (Å²) in [6, 6.07) is 3.36. The molecular weight excluding hydrogens is 255 g/mol. The lowest BCUT2D eigenvalue weighted by atomic mass is 10.1. The summed E-state index contributed by atoms with van der Waals surface area (Å²) in [7, 11) is 0. The highest BCUT2D eigenvalue weighted by atomic mass is 19.1. The summed E-state index contributed by atoms with van der Waals surface area (Å²) in [4.78, 5) is 0. The summed E-state index contributed by atoms with van der Waals surface area (Å²) >= 11 is 0. The molecule has 1 fully saturated rings. The van der Waals surface area contributed by atoms with Crippen LogP contribution in [-0.4, -0.2) is 16.4 Å². The van der Waals surface area contributed by atoms with Gasteiger partial charge in [0.1, 0.15) is 11.3 Å². The lowest BCUT2D eigenvalue weighted by molar-refractivity contribution is -0.0369. The van der Waals surface area contributed by atoms with Gasteiger partial charge in [-0.25, -0.2) is 9.07 Å². The number of nitrogens with zero attached hydrogens (tertiary/aromatic N) is 2. The fraction of sp³-hybridized carbons (Fsp3) is 0.438. The lowest BCUT2D eigenvalue weighted by Gasteiger charge is -2.23. The van der Waals surface area contributed by atoms with Crippen molar-refractivity contribution in [3.63, 3.8) is 0 Å². The van der Waals surface area contributed by atoms with Crippen molar-refractivity contribution in [1.29, 1.82) is 0 Å². The number of benzene rings is 1. The van der Waals surface area contributed by atoms with Gasteiger partial charge in [0.25, 0.3) is 0 Å². The molecular formula is C16H17FN2O. The van der Waals surface area contributed by atoms with E-state index in [4.69, 9.17) is 4.74 Å². The van der Waals surface area contributed by atoms with E-state index in [2.05, 4.69) is 16.9 Å². The van der Waals surface area contributed by atoms with Crippen LogP contribution in [0, 0.1) is 17.7 Å². The van der Waals surface area contributed by atoms with Crippen molar-refractivity contribution in [3.05, 3.63) is 29.7 Å². The molecule has 0 bridgehead atoms. The first-order valence-corrected chi connectivity index (χ1v) is 7.07. The molecule has 1 atom stereocenters. The normalized spacial score (nSPS) is 18.8. The maximum Gasteiger partial charge on any atom is 0.150 e. The molecule has 0 saturated carbocycles. The zero-order chi connectivity index (χ0) is 13.9. The molecule has 2 heterocycles. The Morgan fingerprint density at radius 3 is 3.10 bits per heavy atom. The van der Waals surface area contributed by atoms with E-state index in [1.165, 1.54) is 6.07 Å². The minimum Gasteiger partial charge on any atom is -0.356 e. The molecule has 0 aliphatic carbocycles. The quantitative estimate of drug-likeness (QED) is 0.741. The van der Waals surface area contributed by atoms with Crippen LogP contribution in [0.5, 0.6) is 0 Å². The van der Waals surface area contributed by atoms with Gasteiger partial charge in [0.05, 0.1) is 6.20 Å². The summed E-state index contributed by atoms with van der Waals surface area (Å²) in [5, 5.41) is 5.08. The average molecular weight is 272 g/mol. The number of ether oxygens (including phenoxy) is 1. The SMILES string of the molecule is CCC#Cc1cc(F)c2c(cnn2C2CCCCO2)c1. The molecule has 2 aromatic rings. The first-order chi connectivity index (χ1) is 9.79. The summed E-state index contributed by atoms with van der Waals surface area (Å²) in [5.41, 5.74) is 1.21. The highest BCUT2D eigenvalue weighted by molar-refractivity contribution is 5.81.